The minimum absolute atomic E-state index is 0.0507. The molecule has 3 heterocycles. The quantitative estimate of drug-likeness (QED) is 0.519. The van der Waals surface area contributed by atoms with Gasteiger partial charge < -0.3 is 21.4 Å². The summed E-state index contributed by atoms with van der Waals surface area (Å²) >= 11 is 0. The van der Waals surface area contributed by atoms with E-state index in [0.717, 1.165) is 12.4 Å². The van der Waals surface area contributed by atoms with Gasteiger partial charge in [-0.1, -0.05) is 6.08 Å². The van der Waals surface area contributed by atoms with Crippen LogP contribution in [0.15, 0.2) is 35.9 Å². The predicted molar refractivity (Wildman–Crippen MR) is 101 cm³/mol. The van der Waals surface area contributed by atoms with Crippen molar-refractivity contribution in [2.24, 2.45) is 16.6 Å². The molecule has 9 heteroatoms. The highest BCUT2D eigenvalue weighted by Crippen LogP contribution is 2.19. The highest BCUT2D eigenvalue weighted by molar-refractivity contribution is 6.08. The molecule has 1 aliphatic heterocycles. The van der Waals surface area contributed by atoms with Gasteiger partial charge in [0.25, 0.3) is 0 Å². The average Bonchev–Trinajstić information content (AvgIpc) is 3.13. The van der Waals surface area contributed by atoms with Crippen LogP contribution < -0.4 is 16.8 Å². The van der Waals surface area contributed by atoms with Crippen LogP contribution in [0.1, 0.15) is 11.5 Å². The number of aliphatic imine (C=N–C) groups is 1. The third kappa shape index (κ3) is 3.87. The summed E-state index contributed by atoms with van der Waals surface area (Å²) in [6, 6.07) is 1.93. The maximum absolute atomic E-state index is 8.56. The van der Waals surface area contributed by atoms with Crippen molar-refractivity contribution in [2.45, 2.75) is 6.54 Å². The number of nitrogens with zero attached hydrogens (tertiary/aromatic N) is 6. The fourth-order valence-electron chi connectivity index (χ4n) is 2.58. The van der Waals surface area contributed by atoms with Gasteiger partial charge in [-0.05, 0) is 6.08 Å². The Morgan fingerprint density at radius 3 is 3.19 bits per heavy atom. The minimum Gasteiger partial charge on any atom is -0.404 e. The number of fused-ring (bicyclic) bond motifs is 1. The van der Waals surface area contributed by atoms with E-state index in [1.54, 1.807) is 6.20 Å². The molecule has 132 valence electrons. The second kappa shape index (κ2) is 7.94. The van der Waals surface area contributed by atoms with Crippen molar-refractivity contribution in [2.75, 3.05) is 24.1 Å². The molecule has 0 amide bonds. The molecule has 3 rings (SSSR count). The van der Waals surface area contributed by atoms with E-state index in [9.17, 15) is 0 Å². The third-order valence-corrected chi connectivity index (χ3v) is 3.90. The van der Waals surface area contributed by atoms with Crippen LogP contribution in [-0.4, -0.2) is 38.8 Å². The maximum atomic E-state index is 8.56. The summed E-state index contributed by atoms with van der Waals surface area (Å²) in [5, 5.41) is 11.8. The lowest BCUT2D eigenvalue weighted by Crippen LogP contribution is -2.22. The number of hydrogen-bond donors (Lipinski definition) is 3. The Morgan fingerprint density at radius 1 is 1.50 bits per heavy atom. The number of nitrogens with two attached hydrogens (primary N) is 2. The summed E-state index contributed by atoms with van der Waals surface area (Å²) in [6.45, 7) is 1.54. The number of anilines is 2. The number of nitrogen functional groups attached to an aromatic ring is 1. The van der Waals surface area contributed by atoms with E-state index in [1.807, 2.05) is 18.3 Å². The summed E-state index contributed by atoms with van der Waals surface area (Å²) in [5.41, 5.74) is 12.7. The van der Waals surface area contributed by atoms with E-state index in [2.05, 4.69) is 35.9 Å². The fourth-order valence-corrected chi connectivity index (χ4v) is 2.58. The molecule has 2 aromatic rings. The van der Waals surface area contributed by atoms with Crippen LogP contribution in [0.25, 0.3) is 11.6 Å². The zero-order valence-electron chi connectivity index (χ0n) is 14.1. The summed E-state index contributed by atoms with van der Waals surface area (Å²) < 4.78 is 2.10. The van der Waals surface area contributed by atoms with Gasteiger partial charge in [-0.2, -0.15) is 5.26 Å². The molecular weight excluding hydrogens is 330 g/mol. The van der Waals surface area contributed by atoms with Crippen LogP contribution in [0.3, 0.4) is 0 Å². The SMILES string of the molecule is N#CCN=CC(=CN)c1cnc(N)c(NCC2C=Cc3nccn3C2)n1. The maximum Gasteiger partial charge on any atom is 0.169 e. The van der Waals surface area contributed by atoms with E-state index in [1.165, 1.54) is 18.6 Å². The van der Waals surface area contributed by atoms with E-state index < -0.39 is 0 Å². The molecule has 0 fully saturated rings. The predicted octanol–water partition coefficient (Wildman–Crippen LogP) is 0.904. The first-order chi connectivity index (χ1) is 12.7. The molecule has 0 bridgehead atoms. The molecule has 26 heavy (non-hydrogen) atoms. The molecule has 1 unspecified atom stereocenters. The molecule has 0 saturated carbocycles. The van der Waals surface area contributed by atoms with Crippen LogP contribution >= 0.6 is 0 Å². The molecule has 5 N–H and O–H groups in total. The Kier molecular flexibility index (Phi) is 5.24. The Hall–Kier alpha value is -3.67. The fraction of sp³-hybridized carbons (Fsp3) is 0.235. The Morgan fingerprint density at radius 2 is 2.38 bits per heavy atom. The lowest BCUT2D eigenvalue weighted by molar-refractivity contribution is 0.536. The van der Waals surface area contributed by atoms with Gasteiger partial charge in [0.15, 0.2) is 11.6 Å². The van der Waals surface area contributed by atoms with Crippen LogP contribution in [-0.2, 0) is 6.54 Å². The van der Waals surface area contributed by atoms with Crippen LogP contribution in [0, 0.1) is 17.2 Å². The van der Waals surface area contributed by atoms with Gasteiger partial charge in [-0.25, -0.2) is 15.0 Å². The highest BCUT2D eigenvalue weighted by Gasteiger charge is 2.15. The second-order valence-corrected chi connectivity index (χ2v) is 5.68. The van der Waals surface area contributed by atoms with E-state index in [4.69, 9.17) is 16.7 Å². The number of allylic oxidation sites excluding steroid dienone is 1. The van der Waals surface area contributed by atoms with Crippen molar-refractivity contribution in [1.29, 1.82) is 5.26 Å². The lowest BCUT2D eigenvalue weighted by atomic mass is 10.1. The number of rotatable bonds is 6. The Bertz CT molecular complexity index is 901. The van der Waals surface area contributed by atoms with Crippen molar-refractivity contribution in [1.82, 2.24) is 19.5 Å². The number of imidazole rings is 1. The first-order valence-electron chi connectivity index (χ1n) is 8.06. The van der Waals surface area contributed by atoms with Crippen molar-refractivity contribution in [3.8, 4) is 6.07 Å². The molecule has 0 saturated heterocycles. The monoisotopic (exact) mass is 349 g/mol. The number of aromatic nitrogens is 4. The number of hydrogen-bond acceptors (Lipinski definition) is 8. The smallest absolute Gasteiger partial charge is 0.169 e. The van der Waals surface area contributed by atoms with Crippen LogP contribution in [0.4, 0.5) is 11.6 Å². The van der Waals surface area contributed by atoms with Gasteiger partial charge in [-0.15, -0.1) is 0 Å². The first kappa shape index (κ1) is 17.2. The molecule has 2 aromatic heterocycles. The van der Waals surface area contributed by atoms with Crippen LogP contribution in [0.5, 0.6) is 0 Å². The summed E-state index contributed by atoms with van der Waals surface area (Å²) in [5.74, 6) is 2.03. The van der Waals surface area contributed by atoms with E-state index in [-0.39, 0.29) is 12.5 Å². The lowest BCUT2D eigenvalue weighted by Gasteiger charge is -2.20. The number of nitrogens with one attached hydrogen (secondary N) is 1. The normalized spacial score (nSPS) is 16.4. The molecule has 1 aliphatic rings. The van der Waals surface area contributed by atoms with E-state index in [0.29, 0.717) is 29.4 Å². The Balaban J connectivity index is 1.69. The van der Waals surface area contributed by atoms with E-state index >= 15 is 0 Å². The molecule has 0 aromatic carbocycles. The highest BCUT2D eigenvalue weighted by atomic mass is 15.1. The molecule has 0 spiro atoms. The van der Waals surface area contributed by atoms with Crippen molar-refractivity contribution in [3.63, 3.8) is 0 Å². The van der Waals surface area contributed by atoms with Crippen molar-refractivity contribution < 1.29 is 0 Å². The van der Waals surface area contributed by atoms with Gasteiger partial charge in [-0.3, -0.25) is 4.99 Å². The largest absolute Gasteiger partial charge is 0.404 e. The van der Waals surface area contributed by atoms with Gasteiger partial charge >= 0.3 is 0 Å². The van der Waals surface area contributed by atoms with Crippen molar-refractivity contribution in [3.05, 3.63) is 42.4 Å². The summed E-state index contributed by atoms with van der Waals surface area (Å²) in [7, 11) is 0. The first-order valence-corrected chi connectivity index (χ1v) is 8.06. The average molecular weight is 349 g/mol. The zero-order chi connectivity index (χ0) is 18.4. The summed E-state index contributed by atoms with van der Waals surface area (Å²) in [6.07, 6.45) is 12.3. The summed E-state index contributed by atoms with van der Waals surface area (Å²) in [4.78, 5) is 16.9. The van der Waals surface area contributed by atoms with Crippen molar-refractivity contribution >= 4 is 29.5 Å². The van der Waals surface area contributed by atoms with Gasteiger partial charge in [0.2, 0.25) is 0 Å². The third-order valence-electron chi connectivity index (χ3n) is 3.90. The van der Waals surface area contributed by atoms with Gasteiger partial charge in [0.05, 0.1) is 18.0 Å². The standard InChI is InChI=1S/C17H19N9/c18-3-4-21-9-13(7-19)14-10-23-16(20)17(25-14)24-8-12-1-2-15-22-5-6-26(15)11-12/h1-2,5-7,9-10,12H,4,8,11,19H2,(H2,20,23)(H,24,25). The second-order valence-electron chi connectivity index (χ2n) is 5.68. The number of nitriles is 1. The minimum atomic E-state index is 0.0507. The molecule has 0 radical (unpaired) electrons. The molecule has 1 atom stereocenters. The topological polar surface area (TPSA) is 144 Å². The van der Waals surface area contributed by atoms with Gasteiger partial charge in [0.1, 0.15) is 12.4 Å². The Labute approximate surface area is 150 Å². The van der Waals surface area contributed by atoms with Gasteiger partial charge in [0, 0.05) is 49.4 Å². The molecule has 9 nitrogen and oxygen atoms in total. The molecule has 0 aliphatic carbocycles. The zero-order valence-corrected chi connectivity index (χ0v) is 14.1. The van der Waals surface area contributed by atoms with Crippen LogP contribution in [0.2, 0.25) is 0 Å². The molecular formula is C17H19N9.